The molecule has 320 valence electrons. The summed E-state index contributed by atoms with van der Waals surface area (Å²) in [4.78, 5) is 114. The zero-order valence-corrected chi connectivity index (χ0v) is 32.9. The molecule has 0 aliphatic carbocycles. The minimum absolute atomic E-state index is 0.0398. The first-order chi connectivity index (χ1) is 26.0. The SMILES string of the molecule is CC(C)C[C@H](NC(=O)[C@H](CCCCN)NC(=O)[C@H](CO)NC(=O)[C@H](CC(C)C)NC(=O)[C@@H](NC(=O)[C@H](CC(N)=O)NC(=O)CNC(=O)[C@H](C)N)[C@@H](C)O)C(=O)O. The fourth-order valence-corrected chi connectivity index (χ4v) is 5.07. The van der Waals surface area contributed by atoms with Crippen LogP contribution in [0.25, 0.3) is 0 Å². The lowest BCUT2D eigenvalue weighted by atomic mass is 10.0. The zero-order chi connectivity index (χ0) is 43.3. The van der Waals surface area contributed by atoms with E-state index in [4.69, 9.17) is 17.2 Å². The van der Waals surface area contributed by atoms with Gasteiger partial charge in [-0.25, -0.2) is 4.79 Å². The van der Waals surface area contributed by atoms with Gasteiger partial charge in [0.15, 0.2) is 0 Å². The molecule has 0 rings (SSSR count). The molecule has 0 unspecified atom stereocenters. The molecule has 22 nitrogen and oxygen atoms in total. The van der Waals surface area contributed by atoms with Crippen LogP contribution in [0.5, 0.6) is 0 Å². The van der Waals surface area contributed by atoms with Crippen LogP contribution < -0.4 is 54.4 Å². The molecule has 0 saturated carbocycles. The van der Waals surface area contributed by atoms with E-state index in [-0.39, 0.29) is 37.6 Å². The first-order valence-electron chi connectivity index (χ1n) is 18.4. The third-order valence-corrected chi connectivity index (χ3v) is 8.01. The standard InChI is InChI=1S/C34H62N10O12/c1-16(2)11-21(41-33(54)27(19(6)46)44-31(52)22(13-25(37)47)39-26(48)14-38-28(49)18(5)36)30(51)43-24(15-45)32(53)40-20(9-7-8-10-35)29(50)42-23(34(55)56)12-17(3)4/h16-24,27,45-46H,7-15,35-36H2,1-6H3,(H2,37,47)(H,38,49)(H,39,48)(H,40,53)(H,41,54)(H,42,50)(H,43,51)(H,44,52)(H,55,56)/t18-,19+,20-,21-,22-,23-,24-,27-/m0/s1. The lowest BCUT2D eigenvalue weighted by molar-refractivity contribution is -0.143. The highest BCUT2D eigenvalue weighted by molar-refractivity contribution is 5.98. The van der Waals surface area contributed by atoms with Crippen molar-refractivity contribution in [3.8, 4) is 0 Å². The van der Waals surface area contributed by atoms with Gasteiger partial charge in [-0.2, -0.15) is 0 Å². The Kier molecular flexibility index (Phi) is 23.7. The lowest BCUT2D eigenvalue weighted by Gasteiger charge is -2.28. The Bertz CT molecular complexity index is 1360. The molecule has 0 radical (unpaired) electrons. The second-order valence-corrected chi connectivity index (χ2v) is 14.3. The molecule has 0 fully saturated rings. The van der Waals surface area contributed by atoms with Crippen LogP contribution in [0.4, 0.5) is 0 Å². The van der Waals surface area contributed by atoms with E-state index in [9.17, 15) is 58.5 Å². The number of hydrogen-bond acceptors (Lipinski definition) is 13. The number of nitrogens with two attached hydrogens (primary N) is 3. The van der Waals surface area contributed by atoms with E-state index in [0.29, 0.717) is 12.8 Å². The number of carboxylic acid groups (broad SMARTS) is 1. The van der Waals surface area contributed by atoms with Crippen molar-refractivity contribution in [1.82, 2.24) is 37.2 Å². The number of aliphatic carboxylic acids is 1. The Hall–Kier alpha value is -4.93. The maximum absolute atomic E-state index is 13.5. The molecule has 0 aromatic carbocycles. The summed E-state index contributed by atoms with van der Waals surface area (Å²) in [5.74, 6) is -9.17. The monoisotopic (exact) mass is 802 g/mol. The Balaban J connectivity index is 6.04. The second kappa shape index (κ2) is 26.0. The number of amides is 8. The molecule has 0 heterocycles. The van der Waals surface area contributed by atoms with E-state index in [0.717, 1.165) is 6.92 Å². The van der Waals surface area contributed by atoms with Gasteiger partial charge in [-0.05, 0) is 64.3 Å². The highest BCUT2D eigenvalue weighted by atomic mass is 16.4. The predicted molar refractivity (Wildman–Crippen MR) is 200 cm³/mol. The summed E-state index contributed by atoms with van der Waals surface area (Å²) in [5, 5.41) is 46.3. The van der Waals surface area contributed by atoms with Crippen molar-refractivity contribution in [3.05, 3.63) is 0 Å². The minimum Gasteiger partial charge on any atom is -0.480 e. The van der Waals surface area contributed by atoms with E-state index < -0.39 is 121 Å². The number of aliphatic hydroxyl groups excluding tert-OH is 2. The third kappa shape index (κ3) is 20.1. The number of rotatable bonds is 27. The third-order valence-electron chi connectivity index (χ3n) is 8.01. The van der Waals surface area contributed by atoms with Crippen LogP contribution >= 0.6 is 0 Å². The number of nitrogens with one attached hydrogen (secondary N) is 7. The summed E-state index contributed by atoms with van der Waals surface area (Å²) in [7, 11) is 0. The molecule has 0 aromatic rings. The van der Waals surface area contributed by atoms with Crippen molar-refractivity contribution in [2.45, 2.75) is 128 Å². The van der Waals surface area contributed by atoms with E-state index in [1.165, 1.54) is 6.92 Å². The Morgan fingerprint density at radius 3 is 1.57 bits per heavy atom. The molecular weight excluding hydrogens is 740 g/mol. The van der Waals surface area contributed by atoms with Gasteiger partial charge in [0.1, 0.15) is 36.3 Å². The average molecular weight is 803 g/mol. The van der Waals surface area contributed by atoms with E-state index in [2.05, 4.69) is 37.2 Å². The minimum atomic E-state index is -1.76. The largest absolute Gasteiger partial charge is 0.480 e. The number of carbonyl (C=O) groups is 9. The van der Waals surface area contributed by atoms with Crippen molar-refractivity contribution >= 4 is 53.2 Å². The first-order valence-corrected chi connectivity index (χ1v) is 18.4. The summed E-state index contributed by atoms with van der Waals surface area (Å²) in [6.45, 7) is 8.18. The summed E-state index contributed by atoms with van der Waals surface area (Å²) in [5.41, 5.74) is 16.2. The van der Waals surface area contributed by atoms with Gasteiger partial charge in [0, 0.05) is 0 Å². The normalized spacial score (nSPS) is 15.4. The smallest absolute Gasteiger partial charge is 0.326 e. The Morgan fingerprint density at radius 1 is 0.607 bits per heavy atom. The predicted octanol–water partition coefficient (Wildman–Crippen LogP) is -5.09. The zero-order valence-electron chi connectivity index (χ0n) is 32.9. The van der Waals surface area contributed by atoms with Crippen LogP contribution in [0, 0.1) is 11.8 Å². The van der Waals surface area contributed by atoms with E-state index in [1.54, 1.807) is 27.7 Å². The molecule has 0 spiro atoms. The summed E-state index contributed by atoms with van der Waals surface area (Å²) in [6, 6.07) is -9.90. The van der Waals surface area contributed by atoms with Crippen molar-refractivity contribution in [2.24, 2.45) is 29.0 Å². The first kappa shape index (κ1) is 51.1. The van der Waals surface area contributed by atoms with Crippen molar-refractivity contribution in [1.29, 1.82) is 0 Å². The Morgan fingerprint density at radius 2 is 1.09 bits per heavy atom. The van der Waals surface area contributed by atoms with Crippen molar-refractivity contribution < 1.29 is 58.5 Å². The Labute approximate surface area is 325 Å². The highest BCUT2D eigenvalue weighted by Crippen LogP contribution is 2.10. The van der Waals surface area contributed by atoms with Gasteiger partial charge in [0.2, 0.25) is 47.3 Å². The lowest BCUT2D eigenvalue weighted by Crippen LogP contribution is -2.62. The van der Waals surface area contributed by atoms with Crippen LogP contribution in [0.1, 0.15) is 80.1 Å². The van der Waals surface area contributed by atoms with Gasteiger partial charge in [0.25, 0.3) is 0 Å². The van der Waals surface area contributed by atoms with Crippen LogP contribution in [0.15, 0.2) is 0 Å². The van der Waals surface area contributed by atoms with Gasteiger partial charge in [-0.15, -0.1) is 0 Å². The summed E-state index contributed by atoms with van der Waals surface area (Å²) >= 11 is 0. The number of aliphatic hydroxyl groups is 2. The van der Waals surface area contributed by atoms with Gasteiger partial charge in [-0.3, -0.25) is 38.4 Å². The number of primary amides is 1. The molecule has 0 aliphatic rings. The van der Waals surface area contributed by atoms with Crippen LogP contribution in [-0.4, -0.2) is 137 Å². The molecule has 56 heavy (non-hydrogen) atoms. The van der Waals surface area contributed by atoms with Crippen LogP contribution in [-0.2, 0) is 43.2 Å². The highest BCUT2D eigenvalue weighted by Gasteiger charge is 2.35. The molecule has 16 N–H and O–H groups in total. The molecule has 0 aliphatic heterocycles. The van der Waals surface area contributed by atoms with Crippen LogP contribution in [0.3, 0.4) is 0 Å². The molecule has 0 bridgehead atoms. The van der Waals surface area contributed by atoms with E-state index in [1.807, 2.05) is 0 Å². The number of carboxylic acids is 1. The van der Waals surface area contributed by atoms with Crippen molar-refractivity contribution in [2.75, 3.05) is 19.7 Å². The molecule has 22 heteroatoms. The quantitative estimate of drug-likeness (QED) is 0.0346. The number of hydrogen-bond donors (Lipinski definition) is 13. The fraction of sp³-hybridized carbons (Fsp3) is 0.735. The van der Waals surface area contributed by atoms with Gasteiger partial charge >= 0.3 is 5.97 Å². The second-order valence-electron chi connectivity index (χ2n) is 14.3. The van der Waals surface area contributed by atoms with Gasteiger partial charge in [0.05, 0.1) is 31.7 Å². The molecular formula is C34H62N10O12. The summed E-state index contributed by atoms with van der Waals surface area (Å²) < 4.78 is 0. The number of carbonyl (C=O) groups excluding carboxylic acids is 8. The van der Waals surface area contributed by atoms with Gasteiger partial charge < -0.3 is 69.7 Å². The average Bonchev–Trinajstić information content (AvgIpc) is 3.09. The molecule has 8 amide bonds. The van der Waals surface area contributed by atoms with Crippen LogP contribution in [0.2, 0.25) is 0 Å². The topological polar surface area (TPSA) is 377 Å². The molecule has 8 atom stereocenters. The maximum Gasteiger partial charge on any atom is 0.326 e. The summed E-state index contributed by atoms with van der Waals surface area (Å²) in [6.07, 6.45) is -1.35. The van der Waals surface area contributed by atoms with Gasteiger partial charge in [-0.1, -0.05) is 27.7 Å². The molecule has 0 aromatic heterocycles. The molecule has 0 saturated heterocycles. The number of unbranched alkanes of at least 4 members (excludes halogenated alkanes) is 1. The fourth-order valence-electron chi connectivity index (χ4n) is 5.07. The van der Waals surface area contributed by atoms with E-state index >= 15 is 0 Å². The maximum atomic E-state index is 13.5. The van der Waals surface area contributed by atoms with Crippen molar-refractivity contribution in [3.63, 3.8) is 0 Å².